The number of hydrogen-bond donors (Lipinski definition) is 0. The second-order valence-electron chi connectivity index (χ2n) is 5.31. The molecular weight excluding hydrogens is 296 g/mol. The number of likely N-dealkylation sites (N-methyl/N-ethyl adjacent to an activating group) is 1. The normalized spacial score (nSPS) is 28.7. The van der Waals surface area contributed by atoms with E-state index in [0.29, 0.717) is 12.2 Å². The quantitative estimate of drug-likeness (QED) is 0.710. The first-order chi connectivity index (χ1) is 8.78. The molecule has 2 fully saturated rings. The van der Waals surface area contributed by atoms with Gasteiger partial charge in [-0.2, -0.15) is 0 Å². The van der Waals surface area contributed by atoms with Crippen molar-refractivity contribution in [2.75, 3.05) is 58.3 Å². The number of piperidine rings is 1. The molecule has 1 unspecified atom stereocenters. The molecule has 0 N–H and O–H groups in total. The van der Waals surface area contributed by atoms with E-state index < -0.39 is 0 Å². The zero-order valence-electron chi connectivity index (χ0n) is 11.3. The maximum atomic E-state index is 5.82. The molecule has 0 aromatic heterocycles. The highest BCUT2D eigenvalue weighted by atomic mass is 79.9. The molecule has 2 aliphatic heterocycles. The van der Waals surface area contributed by atoms with E-state index in [1.807, 2.05) is 0 Å². The summed E-state index contributed by atoms with van der Waals surface area (Å²) in [4.78, 5) is 4.89. The van der Waals surface area contributed by atoms with E-state index in [2.05, 4.69) is 32.8 Å². The van der Waals surface area contributed by atoms with Gasteiger partial charge in [0.25, 0.3) is 0 Å². The number of morpholine rings is 1. The average molecular weight is 321 g/mol. The summed E-state index contributed by atoms with van der Waals surface area (Å²) < 4.78 is 11.6. The molecule has 0 saturated carbocycles. The van der Waals surface area contributed by atoms with Crippen LogP contribution < -0.4 is 0 Å². The maximum Gasteiger partial charge on any atom is 0.0829 e. The van der Waals surface area contributed by atoms with Gasteiger partial charge in [-0.1, -0.05) is 15.9 Å². The lowest BCUT2D eigenvalue weighted by molar-refractivity contribution is -0.0480. The molecule has 0 aromatic rings. The summed E-state index contributed by atoms with van der Waals surface area (Å²) in [6.07, 6.45) is 3.18. The number of nitrogens with zero attached hydrogens (tertiary/aromatic N) is 2. The van der Waals surface area contributed by atoms with E-state index in [1.54, 1.807) is 0 Å². The molecule has 0 spiro atoms. The molecule has 2 heterocycles. The highest BCUT2D eigenvalue weighted by Gasteiger charge is 2.24. The molecule has 2 aliphatic rings. The van der Waals surface area contributed by atoms with Gasteiger partial charge in [-0.05, 0) is 19.9 Å². The van der Waals surface area contributed by atoms with Crippen molar-refractivity contribution in [3.8, 4) is 0 Å². The molecule has 106 valence electrons. The predicted octanol–water partition coefficient (Wildman–Crippen LogP) is 1.19. The van der Waals surface area contributed by atoms with Gasteiger partial charge in [-0.25, -0.2) is 0 Å². The third kappa shape index (κ3) is 4.78. The molecule has 2 saturated heterocycles. The largest absolute Gasteiger partial charge is 0.377 e. The third-order valence-electron chi connectivity index (χ3n) is 3.77. The Balaban J connectivity index is 1.63. The van der Waals surface area contributed by atoms with Gasteiger partial charge in [0.2, 0.25) is 0 Å². The van der Waals surface area contributed by atoms with Gasteiger partial charge in [0, 0.05) is 38.1 Å². The van der Waals surface area contributed by atoms with Crippen LogP contribution in [0.5, 0.6) is 0 Å². The molecule has 18 heavy (non-hydrogen) atoms. The van der Waals surface area contributed by atoms with Gasteiger partial charge >= 0.3 is 0 Å². The minimum absolute atomic E-state index is 0.392. The molecule has 0 radical (unpaired) electrons. The number of alkyl halides is 1. The van der Waals surface area contributed by atoms with E-state index in [-0.39, 0.29) is 0 Å². The number of halogens is 1. The van der Waals surface area contributed by atoms with E-state index in [9.17, 15) is 0 Å². The van der Waals surface area contributed by atoms with Crippen LogP contribution in [0.2, 0.25) is 0 Å². The van der Waals surface area contributed by atoms with Crippen molar-refractivity contribution in [2.45, 2.75) is 25.0 Å². The topological polar surface area (TPSA) is 24.9 Å². The molecule has 5 heteroatoms. The smallest absolute Gasteiger partial charge is 0.0829 e. The lowest BCUT2D eigenvalue weighted by Crippen LogP contribution is -2.48. The maximum absolute atomic E-state index is 5.82. The zero-order valence-corrected chi connectivity index (χ0v) is 12.9. The Kier molecular flexibility index (Phi) is 6.38. The predicted molar refractivity (Wildman–Crippen MR) is 76.4 cm³/mol. The van der Waals surface area contributed by atoms with Crippen molar-refractivity contribution in [3.05, 3.63) is 0 Å². The molecule has 0 aromatic carbocycles. The average Bonchev–Trinajstić information content (AvgIpc) is 2.38. The summed E-state index contributed by atoms with van der Waals surface area (Å²) in [6, 6.07) is 0. The summed E-state index contributed by atoms with van der Waals surface area (Å²) in [5, 5.41) is 0.940. The Labute approximate surface area is 119 Å². The van der Waals surface area contributed by atoms with Crippen LogP contribution in [-0.4, -0.2) is 80.3 Å². The van der Waals surface area contributed by atoms with Crippen LogP contribution in [0.3, 0.4) is 0 Å². The molecule has 2 rings (SSSR count). The summed E-state index contributed by atoms with van der Waals surface area (Å²) in [7, 11) is 2.18. The van der Waals surface area contributed by atoms with E-state index >= 15 is 0 Å². The van der Waals surface area contributed by atoms with Gasteiger partial charge in [0.15, 0.2) is 0 Å². The van der Waals surface area contributed by atoms with E-state index in [1.165, 1.54) is 0 Å². The third-order valence-corrected chi connectivity index (χ3v) is 4.09. The van der Waals surface area contributed by atoms with Crippen LogP contribution in [0.1, 0.15) is 12.8 Å². The van der Waals surface area contributed by atoms with Crippen LogP contribution >= 0.6 is 15.9 Å². The standard InChI is InChI=1S/C13H25BrN2O2/c1-15-7-9-18-13(10-15)11-16-5-2-12(3-6-16)17-8-4-14/h12-13H,2-11H2,1H3. The lowest BCUT2D eigenvalue weighted by atomic mass is 10.1. The van der Waals surface area contributed by atoms with Gasteiger partial charge < -0.3 is 19.3 Å². The van der Waals surface area contributed by atoms with E-state index in [0.717, 1.165) is 64.1 Å². The number of rotatable bonds is 5. The van der Waals surface area contributed by atoms with Gasteiger partial charge in [0.1, 0.15) is 0 Å². The second kappa shape index (κ2) is 7.80. The van der Waals surface area contributed by atoms with Crippen molar-refractivity contribution in [2.24, 2.45) is 0 Å². The fourth-order valence-corrected chi connectivity index (χ4v) is 2.92. The minimum atomic E-state index is 0.392. The fourth-order valence-electron chi connectivity index (χ4n) is 2.73. The first-order valence-electron chi connectivity index (χ1n) is 6.98. The highest BCUT2D eigenvalue weighted by molar-refractivity contribution is 9.09. The van der Waals surface area contributed by atoms with Crippen molar-refractivity contribution >= 4 is 15.9 Å². The summed E-state index contributed by atoms with van der Waals surface area (Å²) in [5.74, 6) is 0. The monoisotopic (exact) mass is 320 g/mol. The van der Waals surface area contributed by atoms with Crippen LogP contribution in [0, 0.1) is 0 Å². The minimum Gasteiger partial charge on any atom is -0.377 e. The molecule has 0 bridgehead atoms. The van der Waals surface area contributed by atoms with Crippen LogP contribution in [0.4, 0.5) is 0 Å². The number of hydrogen-bond acceptors (Lipinski definition) is 4. The molecule has 0 aliphatic carbocycles. The molecule has 1 atom stereocenters. The Morgan fingerprint density at radius 2 is 2.06 bits per heavy atom. The van der Waals surface area contributed by atoms with Gasteiger partial charge in [0.05, 0.1) is 25.4 Å². The Morgan fingerprint density at radius 3 is 2.72 bits per heavy atom. The summed E-state index contributed by atoms with van der Waals surface area (Å²) in [6.45, 7) is 7.23. The second-order valence-corrected chi connectivity index (χ2v) is 6.11. The SMILES string of the molecule is CN1CCOC(CN2CCC(OCCBr)CC2)C1. The first-order valence-corrected chi connectivity index (χ1v) is 8.10. The summed E-state index contributed by atoms with van der Waals surface area (Å²) >= 11 is 3.40. The zero-order chi connectivity index (χ0) is 12.8. The van der Waals surface area contributed by atoms with Crippen molar-refractivity contribution in [1.82, 2.24) is 9.80 Å². The highest BCUT2D eigenvalue weighted by Crippen LogP contribution is 2.15. The lowest BCUT2D eigenvalue weighted by Gasteiger charge is -2.37. The Morgan fingerprint density at radius 1 is 1.28 bits per heavy atom. The number of ether oxygens (including phenoxy) is 2. The van der Waals surface area contributed by atoms with Gasteiger partial charge in [-0.15, -0.1) is 0 Å². The molecular formula is C13H25BrN2O2. The van der Waals surface area contributed by atoms with Crippen LogP contribution in [-0.2, 0) is 9.47 Å². The first kappa shape index (κ1) is 14.7. The molecule has 0 amide bonds. The van der Waals surface area contributed by atoms with Crippen molar-refractivity contribution < 1.29 is 9.47 Å². The summed E-state index contributed by atoms with van der Waals surface area (Å²) in [5.41, 5.74) is 0. The Bertz CT molecular complexity index is 235. The van der Waals surface area contributed by atoms with Crippen LogP contribution in [0.15, 0.2) is 0 Å². The van der Waals surface area contributed by atoms with Crippen LogP contribution in [0.25, 0.3) is 0 Å². The Hall–Kier alpha value is 0.320. The van der Waals surface area contributed by atoms with Crippen molar-refractivity contribution in [1.29, 1.82) is 0 Å². The van der Waals surface area contributed by atoms with Gasteiger partial charge in [-0.3, -0.25) is 0 Å². The molecule has 4 nitrogen and oxygen atoms in total. The van der Waals surface area contributed by atoms with E-state index in [4.69, 9.17) is 9.47 Å². The van der Waals surface area contributed by atoms with Crippen molar-refractivity contribution in [3.63, 3.8) is 0 Å². The fraction of sp³-hybridized carbons (Fsp3) is 1.00. The number of likely N-dealkylation sites (tertiary alicyclic amines) is 1.